The molecule has 0 aliphatic rings. The molecule has 0 amide bonds. The molecule has 0 saturated heterocycles. The standard InChI is InChI=1S/C20H19F3N6S/c21-20(22,23)13-4-1-11(2-5-13)7-14(24)9-26-19-27-10-17(30-19)12-3-6-15-16(8-12)28-29-18(15)25/h1-6,8,10,14H,7,9,24H2,(H,26,27)(H3,25,28,29)/t14-/m1/s1. The molecule has 2 aromatic heterocycles. The molecule has 30 heavy (non-hydrogen) atoms. The van der Waals surface area contributed by atoms with E-state index in [1.54, 1.807) is 6.20 Å². The Morgan fingerprint density at radius 2 is 1.90 bits per heavy atom. The summed E-state index contributed by atoms with van der Waals surface area (Å²) in [5.41, 5.74) is 13.9. The smallest absolute Gasteiger partial charge is 0.382 e. The molecular weight excluding hydrogens is 413 g/mol. The highest BCUT2D eigenvalue weighted by molar-refractivity contribution is 7.18. The highest BCUT2D eigenvalue weighted by atomic mass is 32.1. The molecule has 156 valence electrons. The number of alkyl halides is 3. The van der Waals surface area contributed by atoms with E-state index in [4.69, 9.17) is 11.5 Å². The summed E-state index contributed by atoms with van der Waals surface area (Å²) in [7, 11) is 0. The predicted molar refractivity (Wildman–Crippen MR) is 113 cm³/mol. The maximum atomic E-state index is 12.6. The fraction of sp³-hybridized carbons (Fsp3) is 0.200. The van der Waals surface area contributed by atoms with Gasteiger partial charge in [0.2, 0.25) is 0 Å². The Labute approximate surface area is 174 Å². The molecular formula is C20H19F3N6S. The SMILES string of the molecule is Nc1n[nH]c2cc(-c3cnc(NC[C@H](N)Cc4ccc(C(F)(F)F)cc4)s3)ccc12. The second-order valence-corrected chi connectivity index (χ2v) is 7.97. The zero-order valence-electron chi connectivity index (χ0n) is 15.7. The first-order valence-electron chi connectivity index (χ1n) is 9.15. The molecule has 2 heterocycles. The van der Waals surface area contributed by atoms with Gasteiger partial charge < -0.3 is 16.8 Å². The summed E-state index contributed by atoms with van der Waals surface area (Å²) in [5.74, 6) is 0.463. The number of fused-ring (bicyclic) bond motifs is 1. The van der Waals surface area contributed by atoms with Gasteiger partial charge in [-0.15, -0.1) is 0 Å². The van der Waals surface area contributed by atoms with Gasteiger partial charge in [0.1, 0.15) is 0 Å². The second kappa shape index (κ2) is 7.96. The van der Waals surface area contributed by atoms with E-state index in [-0.39, 0.29) is 6.04 Å². The van der Waals surface area contributed by atoms with Crippen molar-refractivity contribution in [3.8, 4) is 10.4 Å². The average Bonchev–Trinajstić information content (AvgIpc) is 3.33. The van der Waals surface area contributed by atoms with E-state index in [2.05, 4.69) is 20.5 Å². The van der Waals surface area contributed by atoms with Crippen LogP contribution in [0.3, 0.4) is 0 Å². The third-order valence-corrected chi connectivity index (χ3v) is 5.68. The van der Waals surface area contributed by atoms with Crippen molar-refractivity contribution < 1.29 is 13.2 Å². The van der Waals surface area contributed by atoms with Crippen LogP contribution < -0.4 is 16.8 Å². The molecule has 0 aliphatic carbocycles. The van der Waals surface area contributed by atoms with Crippen LogP contribution in [0.5, 0.6) is 0 Å². The van der Waals surface area contributed by atoms with Gasteiger partial charge in [0, 0.05) is 24.2 Å². The number of thiazole rings is 1. The van der Waals surface area contributed by atoms with Crippen molar-refractivity contribution in [1.82, 2.24) is 15.2 Å². The zero-order valence-corrected chi connectivity index (χ0v) is 16.5. The quantitative estimate of drug-likeness (QED) is 0.364. The lowest BCUT2D eigenvalue weighted by atomic mass is 10.0. The number of nitrogen functional groups attached to an aromatic ring is 1. The Hall–Kier alpha value is -3.11. The molecule has 0 bridgehead atoms. The number of nitrogens with zero attached hydrogens (tertiary/aromatic N) is 2. The maximum absolute atomic E-state index is 12.6. The molecule has 6 nitrogen and oxygen atoms in total. The van der Waals surface area contributed by atoms with E-state index < -0.39 is 11.7 Å². The van der Waals surface area contributed by atoms with Crippen LogP contribution in [0.4, 0.5) is 24.1 Å². The number of nitrogens with two attached hydrogens (primary N) is 2. The molecule has 6 N–H and O–H groups in total. The molecule has 0 unspecified atom stereocenters. The summed E-state index contributed by atoms with van der Waals surface area (Å²) in [4.78, 5) is 5.35. The monoisotopic (exact) mass is 432 g/mol. The zero-order chi connectivity index (χ0) is 21.3. The van der Waals surface area contributed by atoms with E-state index in [9.17, 15) is 13.2 Å². The number of benzene rings is 2. The van der Waals surface area contributed by atoms with Crippen molar-refractivity contribution in [3.05, 3.63) is 59.8 Å². The highest BCUT2D eigenvalue weighted by Gasteiger charge is 2.29. The van der Waals surface area contributed by atoms with Gasteiger partial charge in [-0.2, -0.15) is 18.3 Å². The Morgan fingerprint density at radius 1 is 1.13 bits per heavy atom. The lowest BCUT2D eigenvalue weighted by Gasteiger charge is -2.13. The summed E-state index contributed by atoms with van der Waals surface area (Å²) in [6, 6.07) is 10.6. The summed E-state index contributed by atoms with van der Waals surface area (Å²) in [5, 5.41) is 11.7. The second-order valence-electron chi connectivity index (χ2n) is 6.94. The molecule has 0 aliphatic heterocycles. The van der Waals surface area contributed by atoms with E-state index >= 15 is 0 Å². The minimum Gasteiger partial charge on any atom is -0.382 e. The van der Waals surface area contributed by atoms with Crippen LogP contribution in [0.2, 0.25) is 0 Å². The Morgan fingerprint density at radius 3 is 2.63 bits per heavy atom. The topological polar surface area (TPSA) is 106 Å². The molecule has 10 heteroatoms. The predicted octanol–water partition coefficient (Wildman–Crippen LogP) is 4.27. The molecule has 0 spiro atoms. The fourth-order valence-electron chi connectivity index (χ4n) is 3.11. The van der Waals surface area contributed by atoms with Gasteiger partial charge in [-0.1, -0.05) is 29.5 Å². The number of halogens is 3. The normalized spacial score (nSPS) is 12.9. The van der Waals surface area contributed by atoms with Crippen LogP contribution in [-0.2, 0) is 12.6 Å². The summed E-state index contributed by atoms with van der Waals surface area (Å²) in [6.45, 7) is 0.449. The van der Waals surface area contributed by atoms with Crippen LogP contribution in [0.15, 0.2) is 48.7 Å². The molecule has 0 saturated carbocycles. The minimum absolute atomic E-state index is 0.265. The van der Waals surface area contributed by atoms with E-state index in [0.717, 1.165) is 44.2 Å². The van der Waals surface area contributed by atoms with Crippen molar-refractivity contribution in [2.45, 2.75) is 18.6 Å². The number of aromatic nitrogens is 3. The number of rotatable bonds is 6. The largest absolute Gasteiger partial charge is 0.416 e. The van der Waals surface area contributed by atoms with Crippen LogP contribution in [0.25, 0.3) is 21.3 Å². The van der Waals surface area contributed by atoms with Crippen molar-refractivity contribution in [1.29, 1.82) is 0 Å². The highest BCUT2D eigenvalue weighted by Crippen LogP contribution is 2.32. The minimum atomic E-state index is -4.33. The summed E-state index contributed by atoms with van der Waals surface area (Å²) in [6.07, 6.45) is -2.10. The Bertz CT molecular complexity index is 1150. The van der Waals surface area contributed by atoms with Crippen molar-refractivity contribution in [2.75, 3.05) is 17.6 Å². The first kappa shape index (κ1) is 20.2. The molecule has 1 atom stereocenters. The number of aromatic amines is 1. The number of hydrogen-bond donors (Lipinski definition) is 4. The van der Waals surface area contributed by atoms with Gasteiger partial charge in [-0.3, -0.25) is 5.10 Å². The summed E-state index contributed by atoms with van der Waals surface area (Å²) < 4.78 is 37.9. The average molecular weight is 432 g/mol. The number of H-pyrrole nitrogens is 1. The molecule has 2 aromatic carbocycles. The maximum Gasteiger partial charge on any atom is 0.416 e. The van der Waals surface area contributed by atoms with Crippen LogP contribution in [0.1, 0.15) is 11.1 Å². The number of hydrogen-bond acceptors (Lipinski definition) is 6. The lowest BCUT2D eigenvalue weighted by molar-refractivity contribution is -0.137. The number of nitrogens with one attached hydrogen (secondary N) is 2. The van der Waals surface area contributed by atoms with Crippen molar-refractivity contribution >= 4 is 33.2 Å². The molecule has 0 radical (unpaired) electrons. The van der Waals surface area contributed by atoms with E-state index in [1.807, 2.05) is 18.2 Å². The Balaban J connectivity index is 1.35. The van der Waals surface area contributed by atoms with Gasteiger partial charge in [0.05, 0.1) is 16.0 Å². The van der Waals surface area contributed by atoms with Crippen LogP contribution >= 0.6 is 11.3 Å². The van der Waals surface area contributed by atoms with E-state index in [1.165, 1.54) is 23.5 Å². The fourth-order valence-corrected chi connectivity index (χ4v) is 3.93. The van der Waals surface area contributed by atoms with Gasteiger partial charge in [-0.05, 0) is 41.8 Å². The molecule has 4 rings (SSSR count). The van der Waals surface area contributed by atoms with Gasteiger partial charge in [-0.25, -0.2) is 4.98 Å². The van der Waals surface area contributed by atoms with Gasteiger partial charge >= 0.3 is 6.18 Å². The Kier molecular flexibility index (Phi) is 5.35. The van der Waals surface area contributed by atoms with Crippen molar-refractivity contribution in [3.63, 3.8) is 0 Å². The third kappa shape index (κ3) is 4.39. The first-order valence-corrected chi connectivity index (χ1v) is 9.96. The van der Waals surface area contributed by atoms with Crippen LogP contribution in [0, 0.1) is 0 Å². The third-order valence-electron chi connectivity index (χ3n) is 4.68. The van der Waals surface area contributed by atoms with Gasteiger partial charge in [0.15, 0.2) is 10.9 Å². The van der Waals surface area contributed by atoms with E-state index in [0.29, 0.717) is 18.8 Å². The van der Waals surface area contributed by atoms with Crippen molar-refractivity contribution in [2.24, 2.45) is 5.73 Å². The molecule has 0 fully saturated rings. The number of anilines is 2. The first-order chi connectivity index (χ1) is 14.3. The summed E-state index contributed by atoms with van der Waals surface area (Å²) >= 11 is 1.49. The molecule has 4 aromatic rings. The lowest BCUT2D eigenvalue weighted by Crippen LogP contribution is -2.31. The van der Waals surface area contributed by atoms with Crippen LogP contribution in [-0.4, -0.2) is 27.8 Å². The van der Waals surface area contributed by atoms with Gasteiger partial charge in [0.25, 0.3) is 0 Å².